The summed E-state index contributed by atoms with van der Waals surface area (Å²) in [7, 11) is 0. The van der Waals surface area contributed by atoms with E-state index < -0.39 is 0 Å². The summed E-state index contributed by atoms with van der Waals surface area (Å²) in [5, 5.41) is 0.112. The van der Waals surface area contributed by atoms with Gasteiger partial charge in [-0.05, 0) is 35.1 Å². The van der Waals surface area contributed by atoms with E-state index in [4.69, 9.17) is 11.6 Å². The zero-order valence-electron chi connectivity index (χ0n) is 8.68. The Bertz CT molecular complexity index is 377. The van der Waals surface area contributed by atoms with Crippen LogP contribution in [-0.2, 0) is 6.42 Å². The number of fused-ring (bicyclic) bond motifs is 1. The molecule has 0 aliphatic heterocycles. The number of benzene rings is 1. The second-order valence-corrected chi connectivity index (χ2v) is 4.15. The van der Waals surface area contributed by atoms with Gasteiger partial charge in [0.05, 0.1) is 5.38 Å². The van der Waals surface area contributed by atoms with Crippen molar-refractivity contribution >= 4 is 17.7 Å². The van der Waals surface area contributed by atoms with Crippen molar-refractivity contribution in [3.63, 3.8) is 0 Å². The lowest BCUT2D eigenvalue weighted by atomic mass is 10.0. The fraction of sp³-hybridized carbons (Fsp3) is 0.385. The van der Waals surface area contributed by atoms with Crippen LogP contribution in [0.2, 0.25) is 0 Å². The maximum Gasteiger partial charge on any atom is 0.0804 e. The molecule has 0 heterocycles. The van der Waals surface area contributed by atoms with Gasteiger partial charge in [-0.1, -0.05) is 38.1 Å². The summed E-state index contributed by atoms with van der Waals surface area (Å²) in [6, 6.07) is 6.45. The van der Waals surface area contributed by atoms with E-state index >= 15 is 0 Å². The Balaban J connectivity index is 2.52. The molecule has 0 N–H and O–H groups in total. The SMILES string of the molecule is CCC1=Cc2c(CC)cccc2C1Cl. The first-order valence-corrected chi connectivity index (χ1v) is 5.67. The minimum absolute atomic E-state index is 0.112. The van der Waals surface area contributed by atoms with E-state index in [0.717, 1.165) is 12.8 Å². The number of hydrogen-bond donors (Lipinski definition) is 0. The summed E-state index contributed by atoms with van der Waals surface area (Å²) >= 11 is 6.37. The van der Waals surface area contributed by atoms with Gasteiger partial charge in [-0.15, -0.1) is 11.6 Å². The maximum atomic E-state index is 6.37. The molecule has 0 spiro atoms. The summed E-state index contributed by atoms with van der Waals surface area (Å²) in [6.07, 6.45) is 4.40. The van der Waals surface area contributed by atoms with E-state index in [1.54, 1.807) is 0 Å². The van der Waals surface area contributed by atoms with Crippen molar-refractivity contribution in [1.82, 2.24) is 0 Å². The topological polar surface area (TPSA) is 0 Å². The molecular formula is C13H15Cl. The van der Waals surface area contributed by atoms with Gasteiger partial charge >= 0.3 is 0 Å². The molecule has 0 aromatic heterocycles. The van der Waals surface area contributed by atoms with Gasteiger partial charge in [0.15, 0.2) is 0 Å². The predicted octanol–water partition coefficient (Wildman–Crippen LogP) is 4.34. The summed E-state index contributed by atoms with van der Waals surface area (Å²) in [5.74, 6) is 0. The molecule has 1 atom stereocenters. The number of aryl methyl sites for hydroxylation is 1. The van der Waals surface area contributed by atoms with Crippen LogP contribution in [0.25, 0.3) is 6.08 Å². The molecule has 1 heteroatoms. The van der Waals surface area contributed by atoms with Crippen LogP contribution in [0.5, 0.6) is 0 Å². The monoisotopic (exact) mass is 206 g/mol. The zero-order valence-corrected chi connectivity index (χ0v) is 9.43. The lowest BCUT2D eigenvalue weighted by Crippen LogP contribution is -1.91. The van der Waals surface area contributed by atoms with E-state index in [2.05, 4.69) is 38.1 Å². The first kappa shape index (κ1) is 9.79. The van der Waals surface area contributed by atoms with Gasteiger partial charge in [0.25, 0.3) is 0 Å². The normalized spacial score (nSPS) is 19.4. The van der Waals surface area contributed by atoms with Crippen LogP contribution in [0, 0.1) is 0 Å². The Morgan fingerprint density at radius 3 is 2.64 bits per heavy atom. The van der Waals surface area contributed by atoms with Crippen molar-refractivity contribution in [3.05, 3.63) is 40.5 Å². The maximum absolute atomic E-state index is 6.37. The van der Waals surface area contributed by atoms with Gasteiger partial charge in [0, 0.05) is 0 Å². The smallest absolute Gasteiger partial charge is 0.0804 e. The van der Waals surface area contributed by atoms with Crippen LogP contribution in [0.1, 0.15) is 42.3 Å². The minimum atomic E-state index is 0.112. The molecule has 1 aliphatic rings. The van der Waals surface area contributed by atoms with Gasteiger partial charge < -0.3 is 0 Å². The van der Waals surface area contributed by atoms with E-state index in [9.17, 15) is 0 Å². The number of alkyl halides is 1. The van der Waals surface area contributed by atoms with E-state index in [1.165, 1.54) is 22.3 Å². The third-order valence-corrected chi connectivity index (χ3v) is 3.46. The van der Waals surface area contributed by atoms with Crippen LogP contribution < -0.4 is 0 Å². The number of allylic oxidation sites excluding steroid dienone is 1. The fourth-order valence-electron chi connectivity index (χ4n) is 2.08. The van der Waals surface area contributed by atoms with Gasteiger partial charge in [-0.25, -0.2) is 0 Å². The first-order chi connectivity index (χ1) is 6.77. The standard InChI is InChI=1S/C13H15Cl/c1-3-9-6-5-7-11-12(9)8-10(4-2)13(11)14/h5-8,13H,3-4H2,1-2H3. The third-order valence-electron chi connectivity index (χ3n) is 2.95. The average Bonchev–Trinajstić information content (AvgIpc) is 2.55. The lowest BCUT2D eigenvalue weighted by Gasteiger charge is -2.08. The molecule has 0 saturated carbocycles. The Kier molecular flexibility index (Phi) is 2.64. The van der Waals surface area contributed by atoms with Crippen molar-refractivity contribution in [3.8, 4) is 0 Å². The highest BCUT2D eigenvalue weighted by Crippen LogP contribution is 2.41. The highest BCUT2D eigenvalue weighted by molar-refractivity contribution is 6.24. The molecule has 1 aliphatic carbocycles. The highest BCUT2D eigenvalue weighted by atomic mass is 35.5. The fourth-order valence-corrected chi connectivity index (χ4v) is 2.49. The average molecular weight is 207 g/mol. The second-order valence-electron chi connectivity index (χ2n) is 3.71. The molecule has 0 nitrogen and oxygen atoms in total. The lowest BCUT2D eigenvalue weighted by molar-refractivity contribution is 1.01. The van der Waals surface area contributed by atoms with Crippen LogP contribution in [-0.4, -0.2) is 0 Å². The van der Waals surface area contributed by atoms with Crippen LogP contribution >= 0.6 is 11.6 Å². The summed E-state index contributed by atoms with van der Waals surface area (Å²) in [5.41, 5.74) is 5.42. The molecule has 0 saturated heterocycles. The highest BCUT2D eigenvalue weighted by Gasteiger charge is 2.22. The molecule has 0 amide bonds. The van der Waals surface area contributed by atoms with Gasteiger partial charge in [-0.3, -0.25) is 0 Å². The van der Waals surface area contributed by atoms with Crippen molar-refractivity contribution in [2.45, 2.75) is 32.1 Å². The quantitative estimate of drug-likeness (QED) is 0.632. The molecule has 14 heavy (non-hydrogen) atoms. The van der Waals surface area contributed by atoms with Crippen molar-refractivity contribution in [2.75, 3.05) is 0 Å². The predicted molar refractivity (Wildman–Crippen MR) is 62.7 cm³/mol. The van der Waals surface area contributed by atoms with Crippen LogP contribution in [0.4, 0.5) is 0 Å². The van der Waals surface area contributed by atoms with Crippen LogP contribution in [0.3, 0.4) is 0 Å². The largest absolute Gasteiger partial charge is 0.113 e. The Morgan fingerprint density at radius 2 is 2.00 bits per heavy atom. The molecule has 1 unspecified atom stereocenters. The van der Waals surface area contributed by atoms with E-state index in [0.29, 0.717) is 0 Å². The Labute approximate surface area is 90.6 Å². The molecule has 1 aromatic carbocycles. The van der Waals surface area contributed by atoms with E-state index in [1.807, 2.05) is 0 Å². The Morgan fingerprint density at radius 1 is 1.21 bits per heavy atom. The number of rotatable bonds is 2. The second kappa shape index (κ2) is 3.78. The molecule has 2 rings (SSSR count). The molecule has 0 radical (unpaired) electrons. The molecular weight excluding hydrogens is 192 g/mol. The number of halogens is 1. The summed E-state index contributed by atoms with van der Waals surface area (Å²) in [6.45, 7) is 4.36. The Hall–Kier alpha value is -0.750. The van der Waals surface area contributed by atoms with Crippen molar-refractivity contribution in [2.24, 2.45) is 0 Å². The van der Waals surface area contributed by atoms with Gasteiger partial charge in [0.1, 0.15) is 0 Å². The van der Waals surface area contributed by atoms with Gasteiger partial charge in [0.2, 0.25) is 0 Å². The summed E-state index contributed by atoms with van der Waals surface area (Å²) < 4.78 is 0. The van der Waals surface area contributed by atoms with Crippen LogP contribution in [0.15, 0.2) is 23.8 Å². The first-order valence-electron chi connectivity index (χ1n) is 5.24. The summed E-state index contributed by atoms with van der Waals surface area (Å²) in [4.78, 5) is 0. The molecule has 0 bridgehead atoms. The van der Waals surface area contributed by atoms with Crippen molar-refractivity contribution in [1.29, 1.82) is 0 Å². The molecule has 0 fully saturated rings. The van der Waals surface area contributed by atoms with E-state index in [-0.39, 0.29) is 5.38 Å². The molecule has 1 aromatic rings. The minimum Gasteiger partial charge on any atom is -0.113 e. The third kappa shape index (κ3) is 1.38. The number of hydrogen-bond acceptors (Lipinski definition) is 0. The molecule has 74 valence electrons. The zero-order chi connectivity index (χ0) is 10.1. The van der Waals surface area contributed by atoms with Crippen molar-refractivity contribution < 1.29 is 0 Å². The van der Waals surface area contributed by atoms with Gasteiger partial charge in [-0.2, -0.15) is 0 Å².